The summed E-state index contributed by atoms with van der Waals surface area (Å²) in [5.74, 6) is 1.62. The quantitative estimate of drug-likeness (QED) is 0.0440. The number of nitrogens with zero attached hydrogens (tertiary/aromatic N) is 6. The number of aliphatic carboxylic acids is 1. The first-order chi connectivity index (χ1) is 29.8. The van der Waals surface area contributed by atoms with Crippen LogP contribution in [0, 0.1) is 21.0 Å². The summed E-state index contributed by atoms with van der Waals surface area (Å²) in [6.07, 6.45) is 5.27. The fourth-order valence-electron chi connectivity index (χ4n) is 8.45. The fourth-order valence-corrected chi connectivity index (χ4v) is 11.9. The van der Waals surface area contributed by atoms with Crippen molar-refractivity contribution in [2.45, 2.75) is 83.0 Å². The number of carboxylic acid groups (broad SMARTS) is 1. The van der Waals surface area contributed by atoms with E-state index in [9.17, 15) is 9.59 Å². The van der Waals surface area contributed by atoms with Crippen molar-refractivity contribution in [1.29, 1.82) is 0 Å². The second kappa shape index (κ2) is 20.8. The SMILES string of the molecule is COCOc1cc(-c2ncc3c(N4CC5CCC(C4)N5C(=O)OC(C)(C)C)nc(OCC4CCCN4CCCOCCC(=O)O)nc3c2F)c2c(C#[C][Tl]=[P+]=S)c(F)ccc2c1. The van der Waals surface area contributed by atoms with Crippen LogP contribution in [0.1, 0.15) is 64.9 Å². The van der Waals surface area contributed by atoms with Crippen molar-refractivity contribution < 1.29 is 47.2 Å². The monoisotopic (exact) mass is 1080 g/mol. The third-order valence-electron chi connectivity index (χ3n) is 11.1. The van der Waals surface area contributed by atoms with E-state index in [-0.39, 0.29) is 79.0 Å². The summed E-state index contributed by atoms with van der Waals surface area (Å²) in [6.45, 7) is 8.79. The van der Waals surface area contributed by atoms with Crippen LogP contribution < -0.4 is 14.4 Å². The molecule has 3 saturated heterocycles. The number of piperazine rings is 1. The van der Waals surface area contributed by atoms with Crippen molar-refractivity contribution in [3.8, 4) is 32.4 Å². The number of carbonyl (C=O) groups excluding carboxylic acids is 1. The zero-order chi connectivity index (χ0) is 44.0. The number of benzene rings is 2. The second-order valence-corrected chi connectivity index (χ2v) is 29.1. The Labute approximate surface area is 376 Å². The van der Waals surface area contributed by atoms with Gasteiger partial charge in [0.2, 0.25) is 0 Å². The van der Waals surface area contributed by atoms with Gasteiger partial charge in [-0.3, -0.25) is 14.6 Å². The van der Waals surface area contributed by atoms with Gasteiger partial charge in [0, 0.05) is 19.2 Å². The van der Waals surface area contributed by atoms with Gasteiger partial charge in [0.1, 0.15) is 5.60 Å². The number of rotatable bonds is 15. The van der Waals surface area contributed by atoms with Crippen molar-refractivity contribution >= 4 is 78.5 Å². The van der Waals surface area contributed by atoms with Gasteiger partial charge in [0.05, 0.1) is 25.1 Å². The van der Waals surface area contributed by atoms with Crippen molar-refractivity contribution in [2.75, 3.05) is 64.8 Å². The molecule has 2 bridgehead atoms. The molecule has 0 aliphatic carbocycles. The van der Waals surface area contributed by atoms with Crippen LogP contribution in [0.15, 0.2) is 30.5 Å². The summed E-state index contributed by atoms with van der Waals surface area (Å²) in [5.41, 5.74) is -0.364. The summed E-state index contributed by atoms with van der Waals surface area (Å²) in [5, 5.41) is 10.2. The standard InChI is InChI=1S/C43H49F2N6O8.PS.Tl/c1-6-31-34(44)13-10-26-19-30(58-25-55-5)20-32(36(26)31)38-37(45)39-33(21-46-38)40(50-22-27-11-12-28(23-50)51(27)42(54)59-43(2,3)4)48-41(47-39)57-24-29-9-7-15-49(29)16-8-17-56-18-14-35(52)53;1-2;/h10,13,19-21,27-29H,7-9,11-12,14-18,22-25H2,2-5H3,(H,52,53);;/q;-1;+2. The minimum atomic E-state index is -1.61. The number of amides is 1. The molecule has 1 N–H and O–H groups in total. The number of methoxy groups -OCH3 is 1. The van der Waals surface area contributed by atoms with E-state index in [0.717, 1.165) is 49.2 Å². The number of pyridine rings is 1. The predicted molar refractivity (Wildman–Crippen MR) is 234 cm³/mol. The first-order valence-electron chi connectivity index (χ1n) is 20.7. The van der Waals surface area contributed by atoms with Gasteiger partial charge in [-0.05, 0) is 59.4 Å². The second-order valence-electron chi connectivity index (χ2n) is 16.5. The number of ether oxygens (including phenoxy) is 5. The van der Waals surface area contributed by atoms with E-state index in [1.54, 1.807) is 18.2 Å². The summed E-state index contributed by atoms with van der Waals surface area (Å²) < 4.78 is 65.8. The summed E-state index contributed by atoms with van der Waals surface area (Å²) >= 11 is 3.53. The molecule has 62 heavy (non-hydrogen) atoms. The van der Waals surface area contributed by atoms with E-state index < -0.39 is 46.3 Å². The van der Waals surface area contributed by atoms with Crippen molar-refractivity contribution in [1.82, 2.24) is 24.8 Å². The van der Waals surface area contributed by atoms with E-state index in [1.165, 1.54) is 19.4 Å². The van der Waals surface area contributed by atoms with Crippen LogP contribution in [0.4, 0.5) is 19.4 Å². The van der Waals surface area contributed by atoms with Crippen LogP contribution in [-0.2, 0) is 30.8 Å². The molecule has 2 aromatic heterocycles. The maximum atomic E-state index is 17.6. The van der Waals surface area contributed by atoms with Gasteiger partial charge >= 0.3 is 235 Å². The van der Waals surface area contributed by atoms with Crippen molar-refractivity contribution in [3.05, 3.63) is 47.7 Å². The van der Waals surface area contributed by atoms with Crippen LogP contribution >= 0.6 is 4.00 Å². The number of likely N-dealkylation sites (tertiary alicyclic amines) is 1. The van der Waals surface area contributed by atoms with Crippen molar-refractivity contribution in [3.63, 3.8) is 0 Å². The molecule has 3 aliphatic rings. The van der Waals surface area contributed by atoms with E-state index in [1.807, 2.05) is 25.7 Å². The molecule has 0 spiro atoms. The maximum absolute atomic E-state index is 17.6. The number of aromatic nitrogens is 3. The molecular weight excluding hydrogens is 1030 g/mol. The Morgan fingerprint density at radius 2 is 1.87 bits per heavy atom. The Hall–Kier alpha value is -3.80. The molecular formula is C43H49F2N6O8PSTl+. The topological polar surface area (TPSA) is 149 Å². The third kappa shape index (κ3) is 10.9. The molecule has 2 aromatic carbocycles. The van der Waals surface area contributed by atoms with Crippen molar-refractivity contribution in [2.24, 2.45) is 0 Å². The van der Waals surface area contributed by atoms with E-state index in [2.05, 4.69) is 19.2 Å². The predicted octanol–water partition coefficient (Wildman–Crippen LogP) is 6.75. The molecule has 3 unspecified atom stereocenters. The first-order valence-corrected chi connectivity index (χ1v) is 30.9. The molecule has 3 atom stereocenters. The molecule has 4 aromatic rings. The third-order valence-corrected chi connectivity index (χ3v) is 17.4. The number of hydrogen-bond donors (Lipinski definition) is 1. The Bertz CT molecular complexity index is 2430. The van der Waals surface area contributed by atoms with Crippen LogP contribution in [0.25, 0.3) is 32.9 Å². The molecule has 0 radical (unpaired) electrons. The number of carbonyl (C=O) groups is 2. The number of carboxylic acids is 1. The molecule has 326 valence electrons. The van der Waals surface area contributed by atoms with Crippen LogP contribution in [-0.4, -0.2) is 149 Å². The number of fused-ring (bicyclic) bond motifs is 4. The van der Waals surface area contributed by atoms with E-state index in [0.29, 0.717) is 47.4 Å². The Kier molecular flexibility index (Phi) is 15.5. The van der Waals surface area contributed by atoms with Gasteiger partial charge in [0.25, 0.3) is 0 Å². The molecule has 3 aliphatic heterocycles. The number of anilines is 1. The molecule has 5 heterocycles. The number of hydrogen-bond acceptors (Lipinski definition) is 13. The number of halogens is 2. The zero-order valence-corrected chi connectivity index (χ0v) is 41.4. The average molecular weight is 1080 g/mol. The van der Waals surface area contributed by atoms with Gasteiger partial charge in [-0.15, -0.1) is 0 Å². The van der Waals surface area contributed by atoms with Gasteiger partial charge < -0.3 is 14.6 Å². The van der Waals surface area contributed by atoms with Gasteiger partial charge in [-0.1, -0.05) is 0 Å². The molecule has 7 rings (SSSR count). The average Bonchev–Trinajstić information content (AvgIpc) is 3.80. The van der Waals surface area contributed by atoms with Gasteiger partial charge in [-0.25, -0.2) is 4.79 Å². The fraction of sp³-hybridized carbons (Fsp3) is 0.512. The van der Waals surface area contributed by atoms with E-state index in [4.69, 9.17) is 55.5 Å². The molecule has 14 nitrogen and oxygen atoms in total. The first kappa shape index (κ1) is 46.2. The Morgan fingerprint density at radius 3 is 2.60 bits per heavy atom. The Morgan fingerprint density at radius 1 is 1.08 bits per heavy atom. The summed E-state index contributed by atoms with van der Waals surface area (Å²) in [6, 6.07) is 5.99. The van der Waals surface area contributed by atoms with E-state index >= 15 is 8.78 Å². The van der Waals surface area contributed by atoms with Crippen LogP contribution in [0.2, 0.25) is 0 Å². The normalized spacial score (nSPS) is 18.7. The van der Waals surface area contributed by atoms with Gasteiger partial charge in [-0.2, -0.15) is 0 Å². The molecule has 3 fully saturated rings. The van der Waals surface area contributed by atoms with Crippen LogP contribution in [0.3, 0.4) is 0 Å². The van der Waals surface area contributed by atoms with Crippen LogP contribution in [0.5, 0.6) is 11.8 Å². The van der Waals surface area contributed by atoms with Gasteiger partial charge in [0.15, 0.2) is 0 Å². The summed E-state index contributed by atoms with van der Waals surface area (Å²) in [4.78, 5) is 44.7. The Balaban J connectivity index is 1.27. The summed E-state index contributed by atoms with van der Waals surface area (Å²) in [7, 11) is 1.49. The molecule has 19 heteroatoms. The minimum absolute atomic E-state index is 0.00974. The zero-order valence-electron chi connectivity index (χ0n) is 35.2. The molecule has 0 saturated carbocycles. The molecule has 1 amide bonds.